The highest BCUT2D eigenvalue weighted by atomic mass is 16.5. The number of nitrogens with two attached hydrogens (primary N) is 1. The monoisotopic (exact) mass is 285 g/mol. The van der Waals surface area contributed by atoms with Gasteiger partial charge in [-0.05, 0) is 25.2 Å². The molecule has 2 atom stereocenters. The van der Waals surface area contributed by atoms with Crippen molar-refractivity contribution in [3.05, 3.63) is 0 Å². The Morgan fingerprint density at radius 3 is 2.65 bits per heavy atom. The third-order valence-electron chi connectivity index (χ3n) is 3.61. The van der Waals surface area contributed by atoms with Crippen LogP contribution in [-0.2, 0) is 14.3 Å². The van der Waals surface area contributed by atoms with Crippen LogP contribution in [0.25, 0.3) is 0 Å². The van der Waals surface area contributed by atoms with E-state index in [0.29, 0.717) is 6.54 Å². The minimum absolute atomic E-state index is 0.0114. The standard InChI is InChI=1S/C14H27N3O3/c1-10(2)13(15)14(19)16-8-12(18)17(3)9-11-6-4-5-7-20-11/h10-11,13H,4-9,15H2,1-3H3,(H,16,19)/t11?,13-/m0/s1. The molecule has 0 aromatic heterocycles. The lowest BCUT2D eigenvalue weighted by Gasteiger charge is -2.27. The van der Waals surface area contributed by atoms with Crippen molar-refractivity contribution in [3.63, 3.8) is 0 Å². The van der Waals surface area contributed by atoms with Crippen molar-refractivity contribution >= 4 is 11.8 Å². The summed E-state index contributed by atoms with van der Waals surface area (Å²) in [6, 6.07) is -0.574. The maximum Gasteiger partial charge on any atom is 0.241 e. The molecule has 1 aliphatic rings. The van der Waals surface area contributed by atoms with Gasteiger partial charge in [0, 0.05) is 20.2 Å². The molecule has 0 radical (unpaired) electrons. The Hall–Kier alpha value is -1.14. The number of amides is 2. The predicted octanol–water partition coefficient (Wildman–Crippen LogP) is 0.113. The van der Waals surface area contributed by atoms with Gasteiger partial charge in [-0.25, -0.2) is 0 Å². The first-order chi connectivity index (χ1) is 9.41. The normalized spacial score (nSPS) is 20.6. The van der Waals surface area contributed by atoms with Crippen molar-refractivity contribution < 1.29 is 14.3 Å². The zero-order valence-corrected chi connectivity index (χ0v) is 12.7. The molecule has 6 heteroatoms. The largest absolute Gasteiger partial charge is 0.376 e. The van der Waals surface area contributed by atoms with Gasteiger partial charge in [0.2, 0.25) is 11.8 Å². The summed E-state index contributed by atoms with van der Waals surface area (Å²) in [7, 11) is 1.73. The topological polar surface area (TPSA) is 84.7 Å². The van der Waals surface area contributed by atoms with Gasteiger partial charge in [0.05, 0.1) is 18.7 Å². The summed E-state index contributed by atoms with van der Waals surface area (Å²) < 4.78 is 5.59. The highest BCUT2D eigenvalue weighted by Crippen LogP contribution is 2.13. The lowest BCUT2D eigenvalue weighted by atomic mass is 10.1. The molecule has 116 valence electrons. The van der Waals surface area contributed by atoms with Crippen molar-refractivity contribution in [2.45, 2.75) is 45.3 Å². The lowest BCUT2D eigenvalue weighted by molar-refractivity contribution is -0.134. The van der Waals surface area contributed by atoms with Crippen molar-refractivity contribution in [2.75, 3.05) is 26.7 Å². The van der Waals surface area contributed by atoms with E-state index in [9.17, 15) is 9.59 Å². The molecule has 0 aromatic rings. The number of carbonyl (C=O) groups is 2. The van der Waals surface area contributed by atoms with E-state index in [1.54, 1.807) is 11.9 Å². The molecule has 0 saturated carbocycles. The van der Waals surface area contributed by atoms with E-state index in [1.807, 2.05) is 13.8 Å². The molecule has 0 bridgehead atoms. The molecular formula is C14H27N3O3. The Morgan fingerprint density at radius 2 is 2.10 bits per heavy atom. The quantitative estimate of drug-likeness (QED) is 0.725. The summed E-state index contributed by atoms with van der Waals surface area (Å²) in [5, 5.41) is 2.59. The van der Waals surface area contributed by atoms with Gasteiger partial charge in [0.1, 0.15) is 0 Å². The average molecular weight is 285 g/mol. The number of likely N-dealkylation sites (N-methyl/N-ethyl adjacent to an activating group) is 1. The Labute approximate surface area is 121 Å². The van der Waals surface area contributed by atoms with E-state index in [-0.39, 0.29) is 30.4 Å². The fourth-order valence-electron chi connectivity index (χ4n) is 2.08. The smallest absolute Gasteiger partial charge is 0.241 e. The van der Waals surface area contributed by atoms with Crippen molar-refractivity contribution in [1.82, 2.24) is 10.2 Å². The molecule has 1 fully saturated rings. The number of nitrogens with zero attached hydrogens (tertiary/aromatic N) is 1. The molecule has 1 aliphatic heterocycles. The summed E-state index contributed by atoms with van der Waals surface area (Å²) in [5.41, 5.74) is 5.71. The fraction of sp³-hybridized carbons (Fsp3) is 0.857. The van der Waals surface area contributed by atoms with Crippen LogP contribution in [0.1, 0.15) is 33.1 Å². The SMILES string of the molecule is CC(C)[C@H](N)C(=O)NCC(=O)N(C)CC1CCCCO1. The van der Waals surface area contributed by atoms with E-state index in [2.05, 4.69) is 5.32 Å². The van der Waals surface area contributed by atoms with Crippen LogP contribution in [0.15, 0.2) is 0 Å². The second-order valence-electron chi connectivity index (χ2n) is 5.75. The Balaban J connectivity index is 2.29. The van der Waals surface area contributed by atoms with Gasteiger partial charge in [-0.3, -0.25) is 9.59 Å². The molecule has 20 heavy (non-hydrogen) atoms. The molecular weight excluding hydrogens is 258 g/mol. The zero-order chi connectivity index (χ0) is 15.1. The molecule has 0 spiro atoms. The van der Waals surface area contributed by atoms with Crippen LogP contribution < -0.4 is 11.1 Å². The Bertz CT molecular complexity index is 328. The Kier molecular flexibility index (Phi) is 6.95. The first-order valence-electron chi connectivity index (χ1n) is 7.30. The zero-order valence-electron chi connectivity index (χ0n) is 12.7. The van der Waals surface area contributed by atoms with Crippen molar-refractivity contribution in [2.24, 2.45) is 11.7 Å². The van der Waals surface area contributed by atoms with Crippen molar-refractivity contribution in [3.8, 4) is 0 Å². The van der Waals surface area contributed by atoms with Gasteiger partial charge in [-0.15, -0.1) is 0 Å². The second-order valence-corrected chi connectivity index (χ2v) is 5.75. The third kappa shape index (κ3) is 5.46. The molecule has 1 unspecified atom stereocenters. The molecule has 1 heterocycles. The first-order valence-corrected chi connectivity index (χ1v) is 7.30. The van der Waals surface area contributed by atoms with Gasteiger partial charge < -0.3 is 20.7 Å². The van der Waals surface area contributed by atoms with E-state index in [0.717, 1.165) is 25.9 Å². The van der Waals surface area contributed by atoms with Crippen LogP contribution in [0.2, 0.25) is 0 Å². The van der Waals surface area contributed by atoms with Crippen LogP contribution in [0, 0.1) is 5.92 Å². The van der Waals surface area contributed by atoms with Crippen LogP contribution in [0.3, 0.4) is 0 Å². The molecule has 1 saturated heterocycles. The molecule has 0 aromatic carbocycles. The number of nitrogens with one attached hydrogen (secondary N) is 1. The van der Waals surface area contributed by atoms with Gasteiger partial charge >= 0.3 is 0 Å². The van der Waals surface area contributed by atoms with Crippen LogP contribution in [0.4, 0.5) is 0 Å². The number of hydrogen-bond acceptors (Lipinski definition) is 4. The number of hydrogen-bond donors (Lipinski definition) is 2. The maximum absolute atomic E-state index is 11.9. The highest BCUT2D eigenvalue weighted by molar-refractivity contribution is 5.87. The lowest BCUT2D eigenvalue weighted by Crippen LogP contribution is -2.48. The number of ether oxygens (including phenoxy) is 1. The van der Waals surface area contributed by atoms with Gasteiger partial charge in [0.25, 0.3) is 0 Å². The van der Waals surface area contributed by atoms with Gasteiger partial charge in [0.15, 0.2) is 0 Å². The van der Waals surface area contributed by atoms with Crippen LogP contribution in [-0.4, -0.2) is 55.6 Å². The number of carbonyl (C=O) groups excluding carboxylic acids is 2. The van der Waals surface area contributed by atoms with E-state index >= 15 is 0 Å². The van der Waals surface area contributed by atoms with Gasteiger partial charge in [-0.1, -0.05) is 13.8 Å². The summed E-state index contributed by atoms with van der Waals surface area (Å²) in [4.78, 5) is 25.2. The predicted molar refractivity (Wildman–Crippen MR) is 77.1 cm³/mol. The van der Waals surface area contributed by atoms with E-state index in [1.165, 1.54) is 0 Å². The van der Waals surface area contributed by atoms with E-state index in [4.69, 9.17) is 10.5 Å². The average Bonchev–Trinajstić information content (AvgIpc) is 2.44. The van der Waals surface area contributed by atoms with Crippen LogP contribution in [0.5, 0.6) is 0 Å². The van der Waals surface area contributed by atoms with Crippen molar-refractivity contribution in [1.29, 1.82) is 0 Å². The van der Waals surface area contributed by atoms with Gasteiger partial charge in [-0.2, -0.15) is 0 Å². The summed E-state index contributed by atoms with van der Waals surface area (Å²) >= 11 is 0. The molecule has 1 rings (SSSR count). The number of rotatable bonds is 6. The highest BCUT2D eigenvalue weighted by Gasteiger charge is 2.21. The summed E-state index contributed by atoms with van der Waals surface area (Å²) in [5.74, 6) is -0.349. The minimum atomic E-state index is -0.574. The molecule has 0 aliphatic carbocycles. The molecule has 2 amide bonds. The minimum Gasteiger partial charge on any atom is -0.376 e. The third-order valence-corrected chi connectivity index (χ3v) is 3.61. The van der Waals surface area contributed by atoms with E-state index < -0.39 is 6.04 Å². The second kappa shape index (κ2) is 8.21. The fourth-order valence-corrected chi connectivity index (χ4v) is 2.08. The first kappa shape index (κ1) is 16.9. The summed E-state index contributed by atoms with van der Waals surface area (Å²) in [6.07, 6.45) is 3.35. The maximum atomic E-state index is 11.9. The molecule has 6 nitrogen and oxygen atoms in total. The van der Waals surface area contributed by atoms with Crippen LogP contribution >= 0.6 is 0 Å². The molecule has 3 N–H and O–H groups in total. The summed E-state index contributed by atoms with van der Waals surface area (Å²) in [6.45, 7) is 5.08. The Morgan fingerprint density at radius 1 is 1.40 bits per heavy atom.